The summed E-state index contributed by atoms with van der Waals surface area (Å²) < 4.78 is 5.46. The predicted molar refractivity (Wildman–Crippen MR) is 66.0 cm³/mol. The molecule has 0 N–H and O–H groups in total. The third-order valence-corrected chi connectivity index (χ3v) is 2.52. The standard InChI is InChI=1S/C11H12BrNO4/c1-2-3-4-17-11(14)8-5-9(12)7-10(6-8)13(15)16/h5-7H,2-4H2,1H3. The van der Waals surface area contributed by atoms with Crippen LogP contribution in [-0.2, 0) is 4.74 Å². The summed E-state index contributed by atoms with van der Waals surface area (Å²) >= 11 is 3.12. The number of ether oxygens (including phenoxy) is 1. The van der Waals surface area contributed by atoms with Crippen molar-refractivity contribution in [2.24, 2.45) is 0 Å². The van der Waals surface area contributed by atoms with Crippen LogP contribution in [0.4, 0.5) is 5.69 Å². The molecule has 0 saturated heterocycles. The number of hydrogen-bond donors (Lipinski definition) is 0. The molecule has 1 aromatic rings. The quantitative estimate of drug-likeness (QED) is 0.362. The van der Waals surface area contributed by atoms with Gasteiger partial charge in [0, 0.05) is 16.6 Å². The van der Waals surface area contributed by atoms with Gasteiger partial charge in [-0.3, -0.25) is 10.1 Å². The molecule has 0 radical (unpaired) electrons. The van der Waals surface area contributed by atoms with Gasteiger partial charge < -0.3 is 4.74 Å². The minimum Gasteiger partial charge on any atom is -0.462 e. The fourth-order valence-corrected chi connectivity index (χ4v) is 1.67. The molecule has 5 nitrogen and oxygen atoms in total. The Bertz CT molecular complexity index is 433. The zero-order chi connectivity index (χ0) is 12.8. The number of halogens is 1. The number of carbonyl (C=O) groups excluding carboxylic acids is 1. The molecule has 17 heavy (non-hydrogen) atoms. The van der Waals surface area contributed by atoms with E-state index in [1.807, 2.05) is 6.92 Å². The average Bonchev–Trinajstić information content (AvgIpc) is 2.28. The molecule has 0 bridgehead atoms. The number of hydrogen-bond acceptors (Lipinski definition) is 4. The van der Waals surface area contributed by atoms with Gasteiger partial charge in [-0.1, -0.05) is 29.3 Å². The fourth-order valence-electron chi connectivity index (χ4n) is 1.19. The smallest absolute Gasteiger partial charge is 0.338 e. The first-order valence-electron chi connectivity index (χ1n) is 5.16. The van der Waals surface area contributed by atoms with Crippen LogP contribution in [0.15, 0.2) is 22.7 Å². The highest BCUT2D eigenvalue weighted by atomic mass is 79.9. The van der Waals surface area contributed by atoms with E-state index >= 15 is 0 Å². The molecular formula is C11H12BrNO4. The molecule has 0 spiro atoms. The van der Waals surface area contributed by atoms with E-state index in [-0.39, 0.29) is 11.3 Å². The van der Waals surface area contributed by atoms with Crippen LogP contribution in [0.2, 0.25) is 0 Å². The van der Waals surface area contributed by atoms with Gasteiger partial charge in [-0.15, -0.1) is 0 Å². The Labute approximate surface area is 107 Å². The van der Waals surface area contributed by atoms with Gasteiger partial charge in [0.1, 0.15) is 0 Å². The van der Waals surface area contributed by atoms with Gasteiger partial charge in [-0.05, 0) is 12.5 Å². The zero-order valence-corrected chi connectivity index (χ0v) is 10.9. The molecule has 0 aliphatic carbocycles. The van der Waals surface area contributed by atoms with E-state index in [1.54, 1.807) is 0 Å². The van der Waals surface area contributed by atoms with Crippen LogP contribution < -0.4 is 0 Å². The van der Waals surface area contributed by atoms with E-state index in [1.165, 1.54) is 18.2 Å². The van der Waals surface area contributed by atoms with E-state index in [2.05, 4.69) is 15.9 Å². The Morgan fingerprint density at radius 2 is 2.18 bits per heavy atom. The third kappa shape index (κ3) is 4.14. The number of carbonyl (C=O) groups is 1. The molecule has 92 valence electrons. The molecule has 0 unspecified atom stereocenters. The van der Waals surface area contributed by atoms with Crippen molar-refractivity contribution in [3.8, 4) is 0 Å². The molecule has 6 heteroatoms. The van der Waals surface area contributed by atoms with Crippen molar-refractivity contribution >= 4 is 27.6 Å². The maximum atomic E-state index is 11.6. The monoisotopic (exact) mass is 301 g/mol. The minimum atomic E-state index is -0.548. The number of rotatable bonds is 5. The van der Waals surface area contributed by atoms with Gasteiger partial charge >= 0.3 is 5.97 Å². The highest BCUT2D eigenvalue weighted by Crippen LogP contribution is 2.21. The zero-order valence-electron chi connectivity index (χ0n) is 9.31. The Morgan fingerprint density at radius 3 is 2.76 bits per heavy atom. The van der Waals surface area contributed by atoms with Crippen molar-refractivity contribution in [2.45, 2.75) is 19.8 Å². The van der Waals surface area contributed by atoms with Crippen LogP contribution in [0.1, 0.15) is 30.1 Å². The number of unbranched alkanes of at least 4 members (excludes halogenated alkanes) is 1. The molecule has 0 amide bonds. The van der Waals surface area contributed by atoms with Gasteiger partial charge in [0.25, 0.3) is 5.69 Å². The topological polar surface area (TPSA) is 69.4 Å². The molecule has 0 aliphatic rings. The van der Waals surface area contributed by atoms with Crippen molar-refractivity contribution in [1.29, 1.82) is 0 Å². The average molecular weight is 302 g/mol. The van der Waals surface area contributed by atoms with Crippen LogP contribution in [0.5, 0.6) is 0 Å². The van der Waals surface area contributed by atoms with E-state index in [9.17, 15) is 14.9 Å². The lowest BCUT2D eigenvalue weighted by atomic mass is 10.2. The summed E-state index contributed by atoms with van der Waals surface area (Å²) in [5, 5.41) is 10.6. The summed E-state index contributed by atoms with van der Waals surface area (Å²) in [6.45, 7) is 2.31. The van der Waals surface area contributed by atoms with Gasteiger partial charge in [0.05, 0.1) is 17.1 Å². The van der Waals surface area contributed by atoms with Gasteiger partial charge in [0.2, 0.25) is 0 Å². The number of esters is 1. The van der Waals surface area contributed by atoms with Crippen molar-refractivity contribution in [2.75, 3.05) is 6.61 Å². The van der Waals surface area contributed by atoms with Crippen molar-refractivity contribution in [1.82, 2.24) is 0 Å². The van der Waals surface area contributed by atoms with E-state index in [0.717, 1.165) is 12.8 Å². The maximum absolute atomic E-state index is 11.6. The SMILES string of the molecule is CCCCOC(=O)c1cc(Br)cc([N+](=O)[O-])c1. The second-order valence-corrected chi connectivity index (χ2v) is 4.36. The van der Waals surface area contributed by atoms with E-state index < -0.39 is 10.9 Å². The van der Waals surface area contributed by atoms with Crippen LogP contribution in [0, 0.1) is 10.1 Å². The molecular weight excluding hydrogens is 290 g/mol. The second-order valence-electron chi connectivity index (χ2n) is 3.44. The predicted octanol–water partition coefficient (Wildman–Crippen LogP) is 3.31. The highest BCUT2D eigenvalue weighted by molar-refractivity contribution is 9.10. The summed E-state index contributed by atoms with van der Waals surface area (Å²) in [6, 6.07) is 4.04. The van der Waals surface area contributed by atoms with Crippen LogP contribution in [0.25, 0.3) is 0 Å². The molecule has 0 aromatic heterocycles. The number of benzene rings is 1. The van der Waals surface area contributed by atoms with Crippen molar-refractivity contribution < 1.29 is 14.5 Å². The largest absolute Gasteiger partial charge is 0.462 e. The first kappa shape index (κ1) is 13.6. The highest BCUT2D eigenvalue weighted by Gasteiger charge is 2.14. The molecule has 0 saturated carbocycles. The number of non-ortho nitro benzene ring substituents is 1. The molecule has 1 rings (SSSR count). The van der Waals surface area contributed by atoms with E-state index in [4.69, 9.17) is 4.74 Å². The summed E-state index contributed by atoms with van der Waals surface area (Å²) in [6.07, 6.45) is 1.70. The van der Waals surface area contributed by atoms with Gasteiger partial charge in [-0.25, -0.2) is 4.79 Å². The lowest BCUT2D eigenvalue weighted by molar-refractivity contribution is -0.385. The fraction of sp³-hybridized carbons (Fsp3) is 0.364. The summed E-state index contributed by atoms with van der Waals surface area (Å²) in [5.41, 5.74) is 0.0454. The molecule has 1 aromatic carbocycles. The summed E-state index contributed by atoms with van der Waals surface area (Å²) in [7, 11) is 0. The van der Waals surface area contributed by atoms with Crippen LogP contribution in [-0.4, -0.2) is 17.5 Å². The maximum Gasteiger partial charge on any atom is 0.338 e. The number of nitro benzene ring substituents is 1. The molecule has 0 aliphatic heterocycles. The molecule has 0 fully saturated rings. The first-order valence-corrected chi connectivity index (χ1v) is 5.96. The molecule has 0 atom stereocenters. The normalized spacial score (nSPS) is 10.0. The summed E-state index contributed by atoms with van der Waals surface area (Å²) in [5.74, 6) is -0.539. The summed E-state index contributed by atoms with van der Waals surface area (Å²) in [4.78, 5) is 21.7. The lowest BCUT2D eigenvalue weighted by Crippen LogP contribution is -2.06. The van der Waals surface area contributed by atoms with Crippen molar-refractivity contribution in [3.63, 3.8) is 0 Å². The van der Waals surface area contributed by atoms with Crippen LogP contribution >= 0.6 is 15.9 Å². The first-order chi connectivity index (χ1) is 8.04. The number of nitrogens with zero attached hydrogens (tertiary/aromatic N) is 1. The Morgan fingerprint density at radius 1 is 1.47 bits per heavy atom. The second kappa shape index (κ2) is 6.34. The molecule has 0 heterocycles. The van der Waals surface area contributed by atoms with Crippen molar-refractivity contribution in [3.05, 3.63) is 38.3 Å². The van der Waals surface area contributed by atoms with E-state index in [0.29, 0.717) is 11.1 Å². The van der Waals surface area contributed by atoms with Gasteiger partial charge in [-0.2, -0.15) is 0 Å². The number of nitro groups is 1. The lowest BCUT2D eigenvalue weighted by Gasteiger charge is -2.04. The van der Waals surface area contributed by atoms with Gasteiger partial charge in [0.15, 0.2) is 0 Å². The Balaban J connectivity index is 2.82. The minimum absolute atomic E-state index is 0.137. The Hall–Kier alpha value is -1.43. The van der Waals surface area contributed by atoms with Crippen LogP contribution in [0.3, 0.4) is 0 Å². The third-order valence-electron chi connectivity index (χ3n) is 2.06. The Kier molecular flexibility index (Phi) is 5.09.